The summed E-state index contributed by atoms with van der Waals surface area (Å²) in [6, 6.07) is 0.563. The number of H-pyrrole nitrogens is 1. The molecule has 1 saturated carbocycles. The van der Waals surface area contributed by atoms with Gasteiger partial charge >= 0.3 is 0 Å². The van der Waals surface area contributed by atoms with Crippen LogP contribution in [0.1, 0.15) is 100 Å². The van der Waals surface area contributed by atoms with Crippen LogP contribution in [-0.4, -0.2) is 57.0 Å². The maximum absolute atomic E-state index is 13.3. The van der Waals surface area contributed by atoms with Gasteiger partial charge in [0.25, 0.3) is 5.91 Å². The standard InChI is InChI=1S/C23H36N4O2/c1-16-7-6-8-17(2)27(16)23(29)20-15-24-25-21(20)18-11-13-26(14-12-18)22(28)19-9-4-3-5-10-19/h15-19H,3-14H2,1-2H3,(H,24,25)/t16-,17+. The molecular weight excluding hydrogens is 364 g/mol. The van der Waals surface area contributed by atoms with Gasteiger partial charge in [-0.3, -0.25) is 14.7 Å². The third kappa shape index (κ3) is 4.22. The molecule has 29 heavy (non-hydrogen) atoms. The van der Waals surface area contributed by atoms with Gasteiger partial charge in [-0.25, -0.2) is 0 Å². The molecule has 1 N–H and O–H groups in total. The average Bonchev–Trinajstić information content (AvgIpc) is 3.24. The van der Waals surface area contributed by atoms with E-state index in [4.69, 9.17) is 0 Å². The first-order chi connectivity index (χ1) is 14.1. The van der Waals surface area contributed by atoms with Crippen molar-refractivity contribution >= 4 is 11.8 Å². The molecule has 3 fully saturated rings. The summed E-state index contributed by atoms with van der Waals surface area (Å²) in [6.45, 7) is 5.90. The summed E-state index contributed by atoms with van der Waals surface area (Å²) < 4.78 is 0. The van der Waals surface area contributed by atoms with Crippen molar-refractivity contribution < 1.29 is 9.59 Å². The van der Waals surface area contributed by atoms with Gasteiger partial charge in [0, 0.05) is 37.0 Å². The number of aromatic nitrogens is 2. The van der Waals surface area contributed by atoms with E-state index in [-0.39, 0.29) is 29.8 Å². The number of carbonyl (C=O) groups excluding carboxylic acids is 2. The average molecular weight is 401 g/mol. The smallest absolute Gasteiger partial charge is 0.257 e. The van der Waals surface area contributed by atoms with Crippen molar-refractivity contribution in [1.82, 2.24) is 20.0 Å². The van der Waals surface area contributed by atoms with E-state index in [2.05, 4.69) is 33.8 Å². The van der Waals surface area contributed by atoms with Crippen LogP contribution < -0.4 is 0 Å². The minimum Gasteiger partial charge on any atom is -0.342 e. The van der Waals surface area contributed by atoms with Crippen LogP contribution in [0.15, 0.2) is 6.20 Å². The molecule has 1 aliphatic carbocycles. The Morgan fingerprint density at radius 2 is 1.59 bits per heavy atom. The van der Waals surface area contributed by atoms with E-state index < -0.39 is 0 Å². The van der Waals surface area contributed by atoms with E-state index in [1.165, 1.54) is 25.7 Å². The quantitative estimate of drug-likeness (QED) is 0.830. The largest absolute Gasteiger partial charge is 0.342 e. The van der Waals surface area contributed by atoms with Crippen molar-refractivity contribution in [2.45, 2.75) is 96.1 Å². The van der Waals surface area contributed by atoms with Gasteiger partial charge in [-0.15, -0.1) is 0 Å². The zero-order valence-electron chi connectivity index (χ0n) is 18.0. The summed E-state index contributed by atoms with van der Waals surface area (Å²) in [4.78, 5) is 30.3. The molecule has 0 aromatic carbocycles. The number of aromatic amines is 1. The van der Waals surface area contributed by atoms with E-state index in [1.807, 2.05) is 0 Å². The Morgan fingerprint density at radius 3 is 2.24 bits per heavy atom. The Balaban J connectivity index is 1.40. The first kappa shape index (κ1) is 20.4. The van der Waals surface area contributed by atoms with Crippen LogP contribution in [0.2, 0.25) is 0 Å². The second-order valence-corrected chi connectivity index (χ2v) is 9.47. The number of nitrogens with zero attached hydrogens (tertiary/aromatic N) is 3. The maximum atomic E-state index is 13.3. The maximum Gasteiger partial charge on any atom is 0.257 e. The number of piperidine rings is 2. The number of carbonyl (C=O) groups is 2. The molecule has 2 amide bonds. The number of nitrogens with one attached hydrogen (secondary N) is 1. The van der Waals surface area contributed by atoms with Crippen molar-refractivity contribution in [3.63, 3.8) is 0 Å². The predicted molar refractivity (Wildman–Crippen MR) is 113 cm³/mol. The molecule has 2 saturated heterocycles. The van der Waals surface area contributed by atoms with Crippen LogP contribution in [-0.2, 0) is 4.79 Å². The Hall–Kier alpha value is -1.85. The molecule has 3 aliphatic rings. The SMILES string of the molecule is C[C@@H]1CCC[C@H](C)N1C(=O)c1cn[nH]c1C1CCN(C(=O)C2CCCCC2)CC1. The van der Waals surface area contributed by atoms with Gasteiger partial charge in [-0.05, 0) is 58.8 Å². The summed E-state index contributed by atoms with van der Waals surface area (Å²) >= 11 is 0. The Morgan fingerprint density at radius 1 is 0.931 bits per heavy atom. The normalized spacial score (nSPS) is 27.2. The molecule has 2 atom stereocenters. The van der Waals surface area contributed by atoms with Crippen molar-refractivity contribution in [2.75, 3.05) is 13.1 Å². The van der Waals surface area contributed by atoms with Gasteiger partial charge in [-0.1, -0.05) is 19.3 Å². The minimum atomic E-state index is 0.120. The van der Waals surface area contributed by atoms with Gasteiger partial charge < -0.3 is 9.80 Å². The molecule has 0 spiro atoms. The summed E-state index contributed by atoms with van der Waals surface area (Å²) in [5.41, 5.74) is 1.72. The fourth-order valence-electron chi connectivity index (χ4n) is 5.73. The minimum absolute atomic E-state index is 0.120. The predicted octanol–water partition coefficient (Wildman–Crippen LogP) is 4.10. The highest BCUT2D eigenvalue weighted by Gasteiger charge is 2.35. The van der Waals surface area contributed by atoms with Gasteiger partial charge in [0.1, 0.15) is 0 Å². The summed E-state index contributed by atoms with van der Waals surface area (Å²) in [5.74, 6) is 1.00. The lowest BCUT2D eigenvalue weighted by atomic mass is 9.86. The fraction of sp³-hybridized carbons (Fsp3) is 0.783. The van der Waals surface area contributed by atoms with Crippen LogP contribution in [0, 0.1) is 5.92 Å². The molecule has 160 valence electrons. The lowest BCUT2D eigenvalue weighted by Crippen LogP contribution is -2.47. The lowest BCUT2D eigenvalue weighted by Gasteiger charge is -2.39. The Bertz CT molecular complexity index is 706. The third-order valence-corrected chi connectivity index (χ3v) is 7.50. The molecule has 4 rings (SSSR count). The molecule has 3 heterocycles. The topological polar surface area (TPSA) is 69.3 Å². The highest BCUT2D eigenvalue weighted by Crippen LogP contribution is 2.33. The highest BCUT2D eigenvalue weighted by atomic mass is 16.2. The third-order valence-electron chi connectivity index (χ3n) is 7.50. The molecule has 2 aliphatic heterocycles. The first-order valence-corrected chi connectivity index (χ1v) is 11.7. The van der Waals surface area contributed by atoms with Crippen LogP contribution in [0.3, 0.4) is 0 Å². The van der Waals surface area contributed by atoms with Gasteiger partial charge in [-0.2, -0.15) is 5.10 Å². The molecular formula is C23H36N4O2. The van der Waals surface area contributed by atoms with Crippen molar-refractivity contribution in [2.24, 2.45) is 5.92 Å². The van der Waals surface area contributed by atoms with Crippen LogP contribution in [0.25, 0.3) is 0 Å². The zero-order valence-corrected chi connectivity index (χ0v) is 18.0. The number of amides is 2. The Labute approximate surface area is 174 Å². The molecule has 0 radical (unpaired) electrons. The molecule has 1 aromatic heterocycles. The number of hydrogen-bond donors (Lipinski definition) is 1. The van der Waals surface area contributed by atoms with Crippen LogP contribution in [0.4, 0.5) is 0 Å². The van der Waals surface area contributed by atoms with Crippen molar-refractivity contribution in [3.8, 4) is 0 Å². The van der Waals surface area contributed by atoms with Gasteiger partial charge in [0.15, 0.2) is 0 Å². The number of rotatable bonds is 3. The molecule has 0 bridgehead atoms. The van der Waals surface area contributed by atoms with E-state index in [9.17, 15) is 9.59 Å². The fourth-order valence-corrected chi connectivity index (χ4v) is 5.73. The summed E-state index contributed by atoms with van der Waals surface area (Å²) in [5, 5.41) is 7.37. The van der Waals surface area contributed by atoms with Crippen molar-refractivity contribution in [1.29, 1.82) is 0 Å². The molecule has 0 unspecified atom stereocenters. The zero-order chi connectivity index (χ0) is 20.4. The highest BCUT2D eigenvalue weighted by molar-refractivity contribution is 5.95. The Kier molecular flexibility index (Phi) is 6.26. The number of hydrogen-bond acceptors (Lipinski definition) is 3. The van der Waals surface area contributed by atoms with Crippen molar-refractivity contribution in [3.05, 3.63) is 17.5 Å². The van der Waals surface area contributed by atoms with Gasteiger partial charge in [0.05, 0.1) is 17.5 Å². The first-order valence-electron chi connectivity index (χ1n) is 11.7. The summed E-state index contributed by atoms with van der Waals surface area (Å²) in [7, 11) is 0. The molecule has 6 heteroatoms. The molecule has 1 aromatic rings. The van der Waals surface area contributed by atoms with Crippen LogP contribution in [0.5, 0.6) is 0 Å². The monoisotopic (exact) mass is 400 g/mol. The second-order valence-electron chi connectivity index (χ2n) is 9.47. The van der Waals surface area contributed by atoms with E-state index in [1.54, 1.807) is 6.20 Å². The van der Waals surface area contributed by atoms with Crippen LogP contribution >= 0.6 is 0 Å². The van der Waals surface area contributed by atoms with E-state index >= 15 is 0 Å². The van der Waals surface area contributed by atoms with Gasteiger partial charge in [0.2, 0.25) is 5.91 Å². The molecule has 6 nitrogen and oxygen atoms in total. The lowest BCUT2D eigenvalue weighted by molar-refractivity contribution is -0.137. The van der Waals surface area contributed by atoms with E-state index in [0.29, 0.717) is 5.91 Å². The summed E-state index contributed by atoms with van der Waals surface area (Å²) in [6.07, 6.45) is 12.7. The second kappa shape index (κ2) is 8.88. The number of likely N-dealkylation sites (tertiary alicyclic amines) is 2. The van der Waals surface area contributed by atoms with E-state index in [0.717, 1.165) is 62.9 Å².